The molecule has 0 fully saturated rings. The third kappa shape index (κ3) is 3.50. The van der Waals surface area contributed by atoms with E-state index in [1.807, 2.05) is 36.6 Å². The number of ether oxygens (including phenoxy) is 1. The van der Waals surface area contributed by atoms with Crippen molar-refractivity contribution in [2.24, 2.45) is 0 Å². The van der Waals surface area contributed by atoms with Crippen LogP contribution in [0.3, 0.4) is 0 Å². The molecule has 0 spiro atoms. The van der Waals surface area contributed by atoms with E-state index in [9.17, 15) is 8.42 Å². The van der Waals surface area contributed by atoms with Crippen LogP contribution < -0.4 is 9.46 Å². The minimum atomic E-state index is -3.77. The number of hydrogen-bond acceptors (Lipinski definition) is 5. The molecule has 0 radical (unpaired) electrons. The molecule has 0 saturated heterocycles. The Bertz CT molecular complexity index is 1360. The molecule has 4 aromatic rings. The van der Waals surface area contributed by atoms with Crippen molar-refractivity contribution >= 4 is 21.5 Å². The summed E-state index contributed by atoms with van der Waals surface area (Å²) in [4.78, 5) is 9.08. The second kappa shape index (κ2) is 7.46. The zero-order chi connectivity index (χ0) is 21.5. The van der Waals surface area contributed by atoms with Gasteiger partial charge in [0.15, 0.2) is 0 Å². The zero-order valence-corrected chi connectivity index (χ0v) is 18.0. The van der Waals surface area contributed by atoms with Crippen molar-refractivity contribution in [2.75, 3.05) is 11.8 Å². The van der Waals surface area contributed by atoms with Gasteiger partial charge in [0, 0.05) is 29.3 Å². The van der Waals surface area contributed by atoms with E-state index in [0.717, 1.165) is 22.5 Å². The Labute approximate surface area is 175 Å². The number of rotatable bonds is 5. The number of nitrogens with zero attached hydrogens (tertiary/aromatic N) is 3. The van der Waals surface area contributed by atoms with Crippen LogP contribution in [-0.2, 0) is 10.0 Å². The highest BCUT2D eigenvalue weighted by molar-refractivity contribution is 7.92. The maximum absolute atomic E-state index is 13.0. The first kappa shape index (κ1) is 19.9. The topological polar surface area (TPSA) is 85.6 Å². The quantitative estimate of drug-likeness (QED) is 0.523. The minimum Gasteiger partial charge on any atom is -0.496 e. The van der Waals surface area contributed by atoms with Gasteiger partial charge in [-0.15, -0.1) is 0 Å². The highest BCUT2D eigenvalue weighted by Gasteiger charge is 2.20. The molecule has 30 heavy (non-hydrogen) atoms. The van der Waals surface area contributed by atoms with Crippen LogP contribution in [0.1, 0.15) is 16.8 Å². The van der Waals surface area contributed by atoms with Gasteiger partial charge in [0.05, 0.1) is 17.7 Å². The lowest BCUT2D eigenvalue weighted by Crippen LogP contribution is -2.14. The molecular formula is C22H22N4O3S. The average Bonchev–Trinajstić information content (AvgIpc) is 3.06. The predicted octanol–water partition coefficient (Wildman–Crippen LogP) is 4.13. The number of anilines is 1. The maximum atomic E-state index is 13.0. The number of methoxy groups -OCH3 is 1. The Morgan fingerprint density at radius 2 is 1.83 bits per heavy atom. The fraction of sp³-hybridized carbons (Fsp3) is 0.182. The number of hydrogen-bond donors (Lipinski definition) is 1. The summed E-state index contributed by atoms with van der Waals surface area (Å²) in [6.45, 7) is 5.52. The number of sulfonamides is 1. The predicted molar refractivity (Wildman–Crippen MR) is 116 cm³/mol. The first-order valence-electron chi connectivity index (χ1n) is 9.38. The van der Waals surface area contributed by atoms with E-state index >= 15 is 0 Å². The summed E-state index contributed by atoms with van der Waals surface area (Å²) < 4.78 is 36.0. The summed E-state index contributed by atoms with van der Waals surface area (Å²) in [7, 11) is -2.20. The largest absolute Gasteiger partial charge is 0.496 e. The summed E-state index contributed by atoms with van der Waals surface area (Å²) in [5.74, 6) is 1.25. The molecular weight excluding hydrogens is 400 g/mol. The smallest absolute Gasteiger partial charge is 0.262 e. The Balaban J connectivity index is 1.71. The first-order chi connectivity index (χ1) is 14.3. The van der Waals surface area contributed by atoms with Gasteiger partial charge in [0.1, 0.15) is 5.75 Å². The van der Waals surface area contributed by atoms with Gasteiger partial charge in [0.2, 0.25) is 5.78 Å². The maximum Gasteiger partial charge on any atom is 0.262 e. The van der Waals surface area contributed by atoms with Crippen molar-refractivity contribution in [3.05, 3.63) is 71.7 Å². The van der Waals surface area contributed by atoms with Crippen molar-refractivity contribution in [3.8, 4) is 17.0 Å². The summed E-state index contributed by atoms with van der Waals surface area (Å²) in [6, 6.07) is 12.4. The molecule has 154 valence electrons. The van der Waals surface area contributed by atoms with Gasteiger partial charge < -0.3 is 4.74 Å². The van der Waals surface area contributed by atoms with Crippen molar-refractivity contribution in [1.29, 1.82) is 0 Å². The van der Waals surface area contributed by atoms with E-state index in [4.69, 9.17) is 4.74 Å². The zero-order valence-electron chi connectivity index (χ0n) is 17.2. The number of benzene rings is 2. The first-order valence-corrected chi connectivity index (χ1v) is 10.9. The second-order valence-electron chi connectivity index (χ2n) is 7.11. The third-order valence-electron chi connectivity index (χ3n) is 5.01. The van der Waals surface area contributed by atoms with Gasteiger partial charge in [-0.3, -0.25) is 9.12 Å². The standard InChI is InChI=1S/C22H22N4O3S/c1-14-12-20(15(2)11-19(14)29-4)30(27,28)25-18-8-5-7-17(13-18)21-16(3)26-10-6-9-23-22(26)24-21/h5-13,25H,1-4H3. The van der Waals surface area contributed by atoms with Crippen LogP contribution in [0.2, 0.25) is 0 Å². The summed E-state index contributed by atoms with van der Waals surface area (Å²) >= 11 is 0. The molecule has 0 bridgehead atoms. The normalized spacial score (nSPS) is 11.6. The van der Waals surface area contributed by atoms with Gasteiger partial charge in [-0.1, -0.05) is 12.1 Å². The number of aromatic nitrogens is 3. The van der Waals surface area contributed by atoms with Crippen LogP contribution in [0.25, 0.3) is 17.0 Å². The SMILES string of the molecule is COc1cc(C)c(S(=O)(=O)Nc2cccc(-c3nc4ncccn4c3C)c2)cc1C. The highest BCUT2D eigenvalue weighted by atomic mass is 32.2. The lowest BCUT2D eigenvalue weighted by Gasteiger charge is -2.14. The molecule has 2 aromatic carbocycles. The molecule has 2 heterocycles. The minimum absolute atomic E-state index is 0.222. The van der Waals surface area contributed by atoms with Crippen molar-refractivity contribution < 1.29 is 13.2 Å². The van der Waals surface area contributed by atoms with Gasteiger partial charge in [-0.25, -0.2) is 18.4 Å². The number of nitrogens with one attached hydrogen (secondary N) is 1. The molecule has 1 N–H and O–H groups in total. The van der Waals surface area contributed by atoms with Crippen molar-refractivity contribution in [2.45, 2.75) is 25.7 Å². The van der Waals surface area contributed by atoms with Crippen LogP contribution >= 0.6 is 0 Å². The lowest BCUT2D eigenvalue weighted by molar-refractivity contribution is 0.411. The van der Waals surface area contributed by atoms with Gasteiger partial charge in [-0.2, -0.15) is 0 Å². The lowest BCUT2D eigenvalue weighted by atomic mass is 10.1. The number of fused-ring (bicyclic) bond motifs is 1. The van der Waals surface area contributed by atoms with Gasteiger partial charge in [-0.05, 0) is 62.2 Å². The van der Waals surface area contributed by atoms with E-state index in [1.54, 1.807) is 50.6 Å². The number of imidazole rings is 1. The molecule has 2 aromatic heterocycles. The molecule has 8 heteroatoms. The molecule has 0 atom stereocenters. The second-order valence-corrected chi connectivity index (χ2v) is 8.76. The van der Waals surface area contributed by atoms with Gasteiger partial charge in [0.25, 0.3) is 10.0 Å². The molecule has 4 rings (SSSR count). The fourth-order valence-corrected chi connectivity index (χ4v) is 4.85. The Morgan fingerprint density at radius 1 is 1.03 bits per heavy atom. The molecule has 7 nitrogen and oxygen atoms in total. The van der Waals surface area contributed by atoms with Crippen molar-refractivity contribution in [3.63, 3.8) is 0 Å². The molecule has 0 aliphatic carbocycles. The van der Waals surface area contributed by atoms with Crippen LogP contribution in [0, 0.1) is 20.8 Å². The van der Waals surface area contributed by atoms with Crippen molar-refractivity contribution in [1.82, 2.24) is 14.4 Å². The Kier molecular flexibility index (Phi) is 4.95. The van der Waals surface area contributed by atoms with Crippen LogP contribution in [0.15, 0.2) is 59.8 Å². The molecule has 0 amide bonds. The molecule has 0 aliphatic heterocycles. The highest BCUT2D eigenvalue weighted by Crippen LogP contribution is 2.29. The third-order valence-corrected chi connectivity index (χ3v) is 6.54. The summed E-state index contributed by atoms with van der Waals surface area (Å²) in [5, 5.41) is 0. The van der Waals surface area contributed by atoms with E-state index < -0.39 is 10.0 Å². The Morgan fingerprint density at radius 3 is 2.57 bits per heavy atom. The van der Waals surface area contributed by atoms with E-state index in [0.29, 0.717) is 22.8 Å². The molecule has 0 saturated carbocycles. The van der Waals surface area contributed by atoms with Crippen LogP contribution in [0.5, 0.6) is 5.75 Å². The number of aryl methyl sites for hydroxylation is 3. The summed E-state index contributed by atoms with van der Waals surface area (Å²) in [6.07, 6.45) is 3.59. The molecule has 0 unspecified atom stereocenters. The van der Waals surface area contributed by atoms with E-state index in [2.05, 4.69) is 14.7 Å². The monoisotopic (exact) mass is 422 g/mol. The van der Waals surface area contributed by atoms with Gasteiger partial charge >= 0.3 is 0 Å². The summed E-state index contributed by atoms with van der Waals surface area (Å²) in [5.41, 5.74) is 4.32. The van der Waals surface area contributed by atoms with E-state index in [-0.39, 0.29) is 4.90 Å². The van der Waals surface area contributed by atoms with E-state index in [1.165, 1.54) is 0 Å². The molecule has 0 aliphatic rings. The average molecular weight is 423 g/mol. The Hall–Kier alpha value is -3.39. The van der Waals surface area contributed by atoms with Crippen LogP contribution in [0.4, 0.5) is 5.69 Å². The fourth-order valence-electron chi connectivity index (χ4n) is 3.49. The van der Waals surface area contributed by atoms with Crippen LogP contribution in [-0.4, -0.2) is 29.9 Å².